The molecule has 0 bridgehead atoms. The average Bonchev–Trinajstić information content (AvgIpc) is 2.61. The van der Waals surface area contributed by atoms with E-state index in [0.717, 1.165) is 34.4 Å². The van der Waals surface area contributed by atoms with Crippen LogP contribution in [-0.2, 0) is 9.59 Å². The lowest BCUT2D eigenvalue weighted by molar-refractivity contribution is -0.132. The van der Waals surface area contributed by atoms with E-state index < -0.39 is 11.9 Å². The molecule has 0 spiro atoms. The van der Waals surface area contributed by atoms with Crippen molar-refractivity contribution in [3.8, 4) is 0 Å². The highest BCUT2D eigenvalue weighted by Gasteiger charge is 1.86. The van der Waals surface area contributed by atoms with E-state index in [1.165, 1.54) is 0 Å². The van der Waals surface area contributed by atoms with Crippen LogP contribution in [0.2, 0.25) is 0 Å². The number of allylic oxidation sites excluding steroid dienone is 16. The minimum Gasteiger partial charge on any atom is -0.478 e. The highest BCUT2D eigenvalue weighted by molar-refractivity contribution is 5.80. The number of aliphatic carboxylic acids is 2. The fourth-order valence-electron chi connectivity index (χ4n) is 1.75. The molecule has 0 amide bonds. The molecule has 2 N–H and O–H groups in total. The van der Waals surface area contributed by atoms with Crippen LogP contribution in [0.4, 0.5) is 0 Å². The lowest BCUT2D eigenvalue weighted by Gasteiger charge is -1.90. The smallest absolute Gasteiger partial charge is 0.328 e. The lowest BCUT2D eigenvalue weighted by atomic mass is 10.2. The van der Waals surface area contributed by atoms with Crippen LogP contribution in [0.15, 0.2) is 107 Å². The Bertz CT molecular complexity index is 740. The number of rotatable bonds is 10. The zero-order valence-electron chi connectivity index (χ0n) is 16.8. The third kappa shape index (κ3) is 16.1. The molecule has 0 radical (unpaired) electrons. The van der Waals surface area contributed by atoms with E-state index in [1.54, 1.807) is 12.2 Å². The molecule has 0 aromatic heterocycles. The summed E-state index contributed by atoms with van der Waals surface area (Å²) in [5, 5.41) is 17.1. The molecule has 0 aliphatic carbocycles. The first-order valence-corrected chi connectivity index (χ1v) is 8.74. The van der Waals surface area contributed by atoms with E-state index >= 15 is 0 Å². The molecular weight excluding hydrogens is 352 g/mol. The maximum Gasteiger partial charge on any atom is 0.328 e. The van der Waals surface area contributed by atoms with E-state index in [2.05, 4.69) is 0 Å². The molecule has 28 heavy (non-hydrogen) atoms. The van der Waals surface area contributed by atoms with Crippen LogP contribution in [0.1, 0.15) is 27.7 Å². The summed E-state index contributed by atoms with van der Waals surface area (Å²) in [6, 6.07) is 0. The van der Waals surface area contributed by atoms with Gasteiger partial charge in [-0.25, -0.2) is 9.59 Å². The van der Waals surface area contributed by atoms with Gasteiger partial charge < -0.3 is 10.2 Å². The van der Waals surface area contributed by atoms with Gasteiger partial charge in [0.05, 0.1) is 0 Å². The predicted octanol–water partition coefficient (Wildman–Crippen LogP) is 5.72. The summed E-state index contributed by atoms with van der Waals surface area (Å²) >= 11 is 0. The minimum atomic E-state index is -0.961. The van der Waals surface area contributed by atoms with Gasteiger partial charge in [-0.1, -0.05) is 95.2 Å². The molecule has 4 heteroatoms. The van der Waals surface area contributed by atoms with Gasteiger partial charge in [0.25, 0.3) is 0 Å². The van der Waals surface area contributed by atoms with Gasteiger partial charge in [0.2, 0.25) is 0 Å². The Hall–Kier alpha value is -3.40. The summed E-state index contributed by atoms with van der Waals surface area (Å²) in [5.74, 6) is -1.92. The Kier molecular flexibility index (Phi) is 12.9. The monoisotopic (exact) mass is 380 g/mol. The van der Waals surface area contributed by atoms with Crippen molar-refractivity contribution in [2.75, 3.05) is 0 Å². The molecule has 0 aliphatic heterocycles. The Morgan fingerprint density at radius 3 is 1.07 bits per heavy atom. The SMILES string of the molecule is CC(C=C/C=C(C)\C=C\C(=O)O)=C/C=C/C=C(C)/C=C/C=C(C)/C=C/C(=O)O. The molecule has 0 aromatic carbocycles. The topological polar surface area (TPSA) is 74.6 Å². The van der Waals surface area contributed by atoms with E-state index in [0.29, 0.717) is 0 Å². The Morgan fingerprint density at radius 1 is 0.464 bits per heavy atom. The molecule has 4 nitrogen and oxygen atoms in total. The van der Waals surface area contributed by atoms with Gasteiger partial charge in [-0.2, -0.15) is 0 Å². The van der Waals surface area contributed by atoms with Crippen molar-refractivity contribution in [2.45, 2.75) is 27.7 Å². The second kappa shape index (κ2) is 14.7. The second-order valence-electron chi connectivity index (χ2n) is 6.09. The largest absolute Gasteiger partial charge is 0.478 e. The second-order valence-corrected chi connectivity index (χ2v) is 6.09. The molecule has 0 heterocycles. The molecule has 0 aromatic rings. The molecule has 0 saturated heterocycles. The zero-order valence-corrected chi connectivity index (χ0v) is 16.8. The molecule has 0 aliphatic rings. The van der Waals surface area contributed by atoms with Gasteiger partial charge in [0, 0.05) is 12.2 Å². The highest BCUT2D eigenvalue weighted by atomic mass is 16.4. The van der Waals surface area contributed by atoms with Crippen molar-refractivity contribution in [2.24, 2.45) is 0 Å². The maximum absolute atomic E-state index is 10.4. The molecule has 0 saturated carbocycles. The molecule has 148 valence electrons. The first-order valence-electron chi connectivity index (χ1n) is 8.74. The van der Waals surface area contributed by atoms with Gasteiger partial charge in [-0.05, 0) is 27.7 Å². The van der Waals surface area contributed by atoms with Crippen LogP contribution in [0.25, 0.3) is 0 Å². The molecule has 0 unspecified atom stereocenters. The van der Waals surface area contributed by atoms with Crippen LogP contribution < -0.4 is 0 Å². The van der Waals surface area contributed by atoms with Crippen LogP contribution in [-0.4, -0.2) is 22.2 Å². The molecular formula is C24H28O4. The number of hydrogen-bond acceptors (Lipinski definition) is 2. The lowest BCUT2D eigenvalue weighted by Crippen LogP contribution is -1.85. The fourth-order valence-corrected chi connectivity index (χ4v) is 1.75. The van der Waals surface area contributed by atoms with Crippen molar-refractivity contribution in [1.82, 2.24) is 0 Å². The minimum absolute atomic E-state index is 0.857. The number of carbonyl (C=O) groups is 2. The summed E-state index contributed by atoms with van der Waals surface area (Å²) in [7, 11) is 0. The van der Waals surface area contributed by atoms with E-state index in [4.69, 9.17) is 10.2 Å². The third-order valence-corrected chi connectivity index (χ3v) is 3.24. The third-order valence-electron chi connectivity index (χ3n) is 3.24. The fraction of sp³-hybridized carbons (Fsp3) is 0.167. The van der Waals surface area contributed by atoms with Crippen LogP contribution >= 0.6 is 0 Å². The Morgan fingerprint density at radius 2 is 0.750 bits per heavy atom. The first-order chi connectivity index (χ1) is 13.2. The summed E-state index contributed by atoms with van der Waals surface area (Å²) < 4.78 is 0. The molecule has 0 rings (SSSR count). The standard InChI is InChI=1S/C24H28O4/c1-19(11-7-13-21(3)15-17-23(25)26)9-5-6-10-20(2)12-8-14-22(4)16-18-24(27)28/h5-18H,1-4H3,(H,25,26)(H,27,28)/b6-5+,11-7+,12-8?,17-15+,18-16+,19-9+,20-10?,21-13+,22-14-. The average molecular weight is 380 g/mol. The number of hydrogen-bond donors (Lipinski definition) is 2. The van der Waals surface area contributed by atoms with E-state index in [-0.39, 0.29) is 0 Å². The van der Waals surface area contributed by atoms with Crippen LogP contribution in [0, 0.1) is 0 Å². The summed E-state index contributed by atoms with van der Waals surface area (Å²) in [5.41, 5.74) is 3.84. The van der Waals surface area contributed by atoms with Crippen LogP contribution in [0.3, 0.4) is 0 Å². The quantitative estimate of drug-likeness (QED) is 0.375. The summed E-state index contributed by atoms with van der Waals surface area (Å²) in [6.45, 7) is 7.63. The zero-order chi connectivity index (χ0) is 21.4. The maximum atomic E-state index is 10.4. The normalized spacial score (nSPS) is 15.1. The van der Waals surface area contributed by atoms with Crippen molar-refractivity contribution in [3.63, 3.8) is 0 Å². The van der Waals surface area contributed by atoms with Gasteiger partial charge in [0.15, 0.2) is 0 Å². The highest BCUT2D eigenvalue weighted by Crippen LogP contribution is 2.02. The van der Waals surface area contributed by atoms with Gasteiger partial charge in [-0.15, -0.1) is 0 Å². The van der Waals surface area contributed by atoms with Crippen molar-refractivity contribution in [1.29, 1.82) is 0 Å². The molecule has 0 fully saturated rings. The van der Waals surface area contributed by atoms with Gasteiger partial charge in [0.1, 0.15) is 0 Å². The Balaban J connectivity index is 4.66. The summed E-state index contributed by atoms with van der Waals surface area (Å²) in [4.78, 5) is 20.9. The van der Waals surface area contributed by atoms with Crippen LogP contribution in [0.5, 0.6) is 0 Å². The number of carboxylic acids is 2. The van der Waals surface area contributed by atoms with Crippen molar-refractivity contribution >= 4 is 11.9 Å². The predicted molar refractivity (Wildman–Crippen MR) is 116 cm³/mol. The Labute approximate surface area is 167 Å². The van der Waals surface area contributed by atoms with Gasteiger partial charge >= 0.3 is 11.9 Å². The van der Waals surface area contributed by atoms with Gasteiger partial charge in [-0.3, -0.25) is 0 Å². The van der Waals surface area contributed by atoms with E-state index in [1.807, 2.05) is 88.5 Å². The molecule has 0 atom stereocenters. The summed E-state index contributed by atoms with van der Waals surface area (Å²) in [6.07, 6.45) is 24.5. The number of carboxylic acid groups (broad SMARTS) is 2. The van der Waals surface area contributed by atoms with Crippen molar-refractivity contribution in [3.05, 3.63) is 107 Å². The van der Waals surface area contributed by atoms with E-state index in [9.17, 15) is 9.59 Å². The first kappa shape index (κ1) is 24.6. The van der Waals surface area contributed by atoms with Crippen molar-refractivity contribution < 1.29 is 19.8 Å².